The van der Waals surface area contributed by atoms with Gasteiger partial charge in [0.05, 0.1) is 0 Å². The van der Waals surface area contributed by atoms with E-state index in [0.717, 1.165) is 25.4 Å². The molecule has 112 valence electrons. The fraction of sp³-hybridized carbons (Fsp3) is 0.706. The molecular formula is C17H29N3. The first kappa shape index (κ1) is 15.5. The highest BCUT2D eigenvalue weighted by molar-refractivity contribution is 5.09. The molecule has 0 aromatic carbocycles. The number of nitrogens with zero attached hydrogens (tertiary/aromatic N) is 2. The van der Waals surface area contributed by atoms with E-state index in [0.29, 0.717) is 5.54 Å². The van der Waals surface area contributed by atoms with Crippen molar-refractivity contribution in [3.63, 3.8) is 0 Å². The summed E-state index contributed by atoms with van der Waals surface area (Å²) in [6, 6.07) is 4.21. The zero-order valence-electron chi connectivity index (χ0n) is 13.2. The number of likely N-dealkylation sites (N-methyl/N-ethyl adjacent to an activating group) is 1. The van der Waals surface area contributed by atoms with Crippen molar-refractivity contribution in [2.75, 3.05) is 27.2 Å². The Kier molecular flexibility index (Phi) is 5.55. The maximum absolute atomic E-state index is 4.06. The van der Waals surface area contributed by atoms with E-state index in [1.807, 2.05) is 12.4 Å². The predicted molar refractivity (Wildman–Crippen MR) is 84.9 cm³/mol. The topological polar surface area (TPSA) is 28.2 Å². The molecule has 1 heterocycles. The van der Waals surface area contributed by atoms with Crippen LogP contribution >= 0.6 is 0 Å². The zero-order chi connectivity index (χ0) is 14.4. The molecule has 2 rings (SSSR count). The molecule has 0 spiro atoms. The minimum absolute atomic E-state index is 0.357. The second-order valence-electron chi connectivity index (χ2n) is 6.60. The van der Waals surface area contributed by atoms with Gasteiger partial charge in [0.25, 0.3) is 0 Å². The van der Waals surface area contributed by atoms with Crippen molar-refractivity contribution in [2.24, 2.45) is 5.92 Å². The van der Waals surface area contributed by atoms with Crippen molar-refractivity contribution >= 4 is 0 Å². The molecule has 1 aliphatic carbocycles. The van der Waals surface area contributed by atoms with E-state index in [9.17, 15) is 0 Å². The summed E-state index contributed by atoms with van der Waals surface area (Å²) in [5.41, 5.74) is 1.72. The predicted octanol–water partition coefficient (Wildman–Crippen LogP) is 2.72. The van der Waals surface area contributed by atoms with E-state index in [2.05, 4.69) is 48.4 Å². The molecule has 1 N–H and O–H groups in total. The summed E-state index contributed by atoms with van der Waals surface area (Å²) >= 11 is 0. The molecular weight excluding hydrogens is 246 g/mol. The van der Waals surface area contributed by atoms with Crippen molar-refractivity contribution in [2.45, 2.75) is 44.6 Å². The van der Waals surface area contributed by atoms with Crippen LogP contribution in [-0.4, -0.2) is 42.6 Å². The molecule has 3 nitrogen and oxygen atoms in total. The van der Waals surface area contributed by atoms with Crippen LogP contribution in [0.5, 0.6) is 0 Å². The Labute approximate surface area is 123 Å². The molecule has 1 aromatic rings. The van der Waals surface area contributed by atoms with Gasteiger partial charge in [-0.15, -0.1) is 0 Å². The van der Waals surface area contributed by atoms with Gasteiger partial charge in [-0.1, -0.05) is 19.8 Å². The van der Waals surface area contributed by atoms with Crippen LogP contribution < -0.4 is 5.32 Å². The van der Waals surface area contributed by atoms with Crippen LogP contribution in [-0.2, 0) is 6.42 Å². The Morgan fingerprint density at radius 1 is 1.35 bits per heavy atom. The first-order valence-electron chi connectivity index (χ1n) is 7.89. The molecule has 2 atom stereocenters. The fourth-order valence-corrected chi connectivity index (χ4v) is 3.46. The highest BCUT2D eigenvalue weighted by Gasteiger charge is 2.36. The molecule has 0 saturated heterocycles. The van der Waals surface area contributed by atoms with Crippen molar-refractivity contribution in [1.29, 1.82) is 0 Å². The maximum atomic E-state index is 4.06. The van der Waals surface area contributed by atoms with Gasteiger partial charge in [0.15, 0.2) is 0 Å². The Balaban J connectivity index is 1.81. The molecule has 1 fully saturated rings. The molecule has 0 amide bonds. The molecule has 0 radical (unpaired) electrons. The average molecular weight is 275 g/mol. The zero-order valence-corrected chi connectivity index (χ0v) is 13.2. The number of nitrogens with one attached hydrogen (secondary N) is 1. The van der Waals surface area contributed by atoms with E-state index in [1.165, 1.54) is 31.2 Å². The summed E-state index contributed by atoms with van der Waals surface area (Å²) in [6.07, 6.45) is 10.2. The Morgan fingerprint density at radius 3 is 2.75 bits per heavy atom. The number of hydrogen-bond acceptors (Lipinski definition) is 3. The fourth-order valence-electron chi connectivity index (χ4n) is 3.46. The highest BCUT2D eigenvalue weighted by Crippen LogP contribution is 2.35. The van der Waals surface area contributed by atoms with Crippen LogP contribution in [0.3, 0.4) is 0 Å². The quantitative estimate of drug-likeness (QED) is 0.809. The van der Waals surface area contributed by atoms with Crippen LogP contribution in [0.15, 0.2) is 24.5 Å². The van der Waals surface area contributed by atoms with Crippen LogP contribution in [0.4, 0.5) is 0 Å². The van der Waals surface area contributed by atoms with Crippen LogP contribution in [0.1, 0.15) is 38.2 Å². The van der Waals surface area contributed by atoms with Gasteiger partial charge in [-0.3, -0.25) is 4.98 Å². The second-order valence-corrected chi connectivity index (χ2v) is 6.60. The lowest BCUT2D eigenvalue weighted by molar-refractivity contribution is 0.0755. The number of pyridine rings is 1. The van der Waals surface area contributed by atoms with E-state index < -0.39 is 0 Å². The molecule has 0 bridgehead atoms. The summed E-state index contributed by atoms with van der Waals surface area (Å²) in [7, 11) is 4.48. The Hall–Kier alpha value is -0.930. The van der Waals surface area contributed by atoms with Crippen LogP contribution in [0, 0.1) is 5.92 Å². The summed E-state index contributed by atoms with van der Waals surface area (Å²) in [6.45, 7) is 4.55. The second kappa shape index (κ2) is 7.19. The van der Waals surface area contributed by atoms with Crippen LogP contribution in [0.2, 0.25) is 0 Å². The van der Waals surface area contributed by atoms with Crippen molar-refractivity contribution in [3.05, 3.63) is 30.1 Å². The monoisotopic (exact) mass is 275 g/mol. The smallest absolute Gasteiger partial charge is 0.0330 e. The lowest BCUT2D eigenvalue weighted by atomic mass is 9.75. The SMILES string of the molecule is CC1CCCC(CNCCc2ccncc2)(N(C)C)C1. The first-order valence-corrected chi connectivity index (χ1v) is 7.89. The minimum atomic E-state index is 0.357. The molecule has 1 aliphatic rings. The lowest BCUT2D eigenvalue weighted by Gasteiger charge is -2.45. The van der Waals surface area contributed by atoms with Crippen molar-refractivity contribution in [1.82, 2.24) is 15.2 Å². The highest BCUT2D eigenvalue weighted by atomic mass is 15.2. The van der Waals surface area contributed by atoms with Gasteiger partial charge < -0.3 is 10.2 Å². The van der Waals surface area contributed by atoms with Gasteiger partial charge in [0.1, 0.15) is 0 Å². The van der Waals surface area contributed by atoms with E-state index >= 15 is 0 Å². The molecule has 2 unspecified atom stereocenters. The standard InChI is InChI=1S/C17H29N3/c1-15-5-4-9-17(13-15,20(2)3)14-19-12-8-16-6-10-18-11-7-16/h6-7,10-11,15,19H,4-5,8-9,12-14H2,1-3H3. The van der Waals surface area contributed by atoms with Crippen molar-refractivity contribution in [3.8, 4) is 0 Å². The summed E-state index contributed by atoms with van der Waals surface area (Å²) < 4.78 is 0. The van der Waals surface area contributed by atoms with Crippen molar-refractivity contribution < 1.29 is 0 Å². The van der Waals surface area contributed by atoms with Gasteiger partial charge in [0.2, 0.25) is 0 Å². The summed E-state index contributed by atoms with van der Waals surface area (Å²) in [5, 5.41) is 3.68. The summed E-state index contributed by atoms with van der Waals surface area (Å²) in [5.74, 6) is 0.855. The number of hydrogen-bond donors (Lipinski definition) is 1. The van der Waals surface area contributed by atoms with E-state index in [1.54, 1.807) is 0 Å². The third kappa shape index (κ3) is 4.03. The molecule has 1 aromatic heterocycles. The van der Waals surface area contributed by atoms with Gasteiger partial charge in [-0.05, 0) is 63.5 Å². The number of aromatic nitrogens is 1. The third-order valence-electron chi connectivity index (χ3n) is 4.81. The van der Waals surface area contributed by atoms with Crippen LogP contribution in [0.25, 0.3) is 0 Å². The summed E-state index contributed by atoms with van der Waals surface area (Å²) in [4.78, 5) is 6.51. The van der Waals surface area contributed by atoms with Gasteiger partial charge >= 0.3 is 0 Å². The maximum Gasteiger partial charge on any atom is 0.0330 e. The third-order valence-corrected chi connectivity index (χ3v) is 4.81. The minimum Gasteiger partial charge on any atom is -0.315 e. The van der Waals surface area contributed by atoms with E-state index in [-0.39, 0.29) is 0 Å². The first-order chi connectivity index (χ1) is 9.62. The molecule has 0 aliphatic heterocycles. The average Bonchev–Trinajstić information content (AvgIpc) is 2.45. The van der Waals surface area contributed by atoms with Gasteiger partial charge in [-0.25, -0.2) is 0 Å². The molecule has 3 heteroatoms. The lowest BCUT2D eigenvalue weighted by Crippen LogP contribution is -2.54. The van der Waals surface area contributed by atoms with Gasteiger partial charge in [0, 0.05) is 24.5 Å². The Bertz CT molecular complexity index is 390. The normalized spacial score (nSPS) is 26.9. The Morgan fingerprint density at radius 2 is 2.10 bits per heavy atom. The molecule has 20 heavy (non-hydrogen) atoms. The van der Waals surface area contributed by atoms with E-state index in [4.69, 9.17) is 0 Å². The molecule has 1 saturated carbocycles. The van der Waals surface area contributed by atoms with Gasteiger partial charge in [-0.2, -0.15) is 0 Å². The largest absolute Gasteiger partial charge is 0.315 e. The number of rotatable bonds is 6.